The number of carbonyl (C=O) groups is 1. The highest BCUT2D eigenvalue weighted by atomic mass is 19.1. The van der Waals surface area contributed by atoms with Gasteiger partial charge in [-0.1, -0.05) is 24.3 Å². The lowest BCUT2D eigenvalue weighted by Gasteiger charge is -2.11. The summed E-state index contributed by atoms with van der Waals surface area (Å²) in [5, 5.41) is 0. The van der Waals surface area contributed by atoms with Crippen molar-refractivity contribution in [2.45, 2.75) is 6.92 Å². The lowest BCUT2D eigenvalue weighted by atomic mass is 9.99. The molecule has 0 aliphatic carbocycles. The van der Waals surface area contributed by atoms with Gasteiger partial charge >= 0.3 is 0 Å². The number of aldehydes is 1. The van der Waals surface area contributed by atoms with Crippen LogP contribution in [0.5, 0.6) is 5.75 Å². The number of ether oxygens (including phenoxy) is 1. The highest BCUT2D eigenvalue weighted by Crippen LogP contribution is 2.33. The van der Waals surface area contributed by atoms with Crippen molar-refractivity contribution in [2.75, 3.05) is 6.61 Å². The summed E-state index contributed by atoms with van der Waals surface area (Å²) in [6.07, 6.45) is 0.571. The third-order valence-corrected chi connectivity index (χ3v) is 2.71. The maximum atomic E-state index is 14.2. The Bertz CT molecular complexity index is 609. The Morgan fingerprint density at radius 3 is 2.58 bits per heavy atom. The fourth-order valence-electron chi connectivity index (χ4n) is 1.87. The summed E-state index contributed by atoms with van der Waals surface area (Å²) in [5.41, 5.74) is 0.205. The van der Waals surface area contributed by atoms with Crippen LogP contribution in [0.2, 0.25) is 0 Å². The van der Waals surface area contributed by atoms with Crippen LogP contribution < -0.4 is 4.74 Å². The van der Waals surface area contributed by atoms with Crippen LogP contribution in [0, 0.1) is 11.6 Å². The minimum Gasteiger partial charge on any atom is -0.491 e. The molecule has 0 radical (unpaired) electrons. The molecule has 0 fully saturated rings. The molecule has 2 aromatic rings. The molecule has 2 nitrogen and oxygen atoms in total. The van der Waals surface area contributed by atoms with Gasteiger partial charge in [0.1, 0.15) is 5.82 Å². The molecule has 19 heavy (non-hydrogen) atoms. The van der Waals surface area contributed by atoms with Gasteiger partial charge in [-0.2, -0.15) is 0 Å². The van der Waals surface area contributed by atoms with E-state index in [9.17, 15) is 13.6 Å². The second-order valence-corrected chi connectivity index (χ2v) is 3.87. The van der Waals surface area contributed by atoms with E-state index in [2.05, 4.69) is 0 Å². The Hall–Kier alpha value is -2.23. The molecule has 4 heteroatoms. The first kappa shape index (κ1) is 13.2. The van der Waals surface area contributed by atoms with Crippen LogP contribution in [0.15, 0.2) is 36.4 Å². The monoisotopic (exact) mass is 262 g/mol. The van der Waals surface area contributed by atoms with E-state index in [-0.39, 0.29) is 29.0 Å². The molecular weight excluding hydrogens is 250 g/mol. The molecular formula is C15H12F2O2. The zero-order chi connectivity index (χ0) is 13.8. The van der Waals surface area contributed by atoms with E-state index in [0.717, 1.165) is 6.07 Å². The van der Waals surface area contributed by atoms with Crippen molar-refractivity contribution in [1.82, 2.24) is 0 Å². The summed E-state index contributed by atoms with van der Waals surface area (Å²) < 4.78 is 33.2. The van der Waals surface area contributed by atoms with E-state index in [1.165, 1.54) is 18.2 Å². The van der Waals surface area contributed by atoms with Gasteiger partial charge < -0.3 is 4.74 Å². The molecule has 0 bridgehead atoms. The predicted molar refractivity (Wildman–Crippen MR) is 68.4 cm³/mol. The summed E-state index contributed by atoms with van der Waals surface area (Å²) in [5.74, 6) is -1.55. The third-order valence-electron chi connectivity index (χ3n) is 2.71. The van der Waals surface area contributed by atoms with Crippen LogP contribution in [-0.2, 0) is 0 Å². The summed E-state index contributed by atoms with van der Waals surface area (Å²) in [6.45, 7) is 1.99. The first-order valence-electron chi connectivity index (χ1n) is 5.84. The summed E-state index contributed by atoms with van der Waals surface area (Å²) in [7, 11) is 0. The first-order valence-corrected chi connectivity index (χ1v) is 5.84. The molecule has 0 aliphatic heterocycles. The summed E-state index contributed by atoms with van der Waals surface area (Å²) in [6, 6.07) is 8.63. The highest BCUT2D eigenvalue weighted by molar-refractivity contribution is 5.88. The summed E-state index contributed by atoms with van der Waals surface area (Å²) >= 11 is 0. The average molecular weight is 262 g/mol. The van der Waals surface area contributed by atoms with E-state index >= 15 is 0 Å². The molecule has 0 unspecified atom stereocenters. The van der Waals surface area contributed by atoms with Crippen molar-refractivity contribution in [2.24, 2.45) is 0 Å². The van der Waals surface area contributed by atoms with Crippen molar-refractivity contribution in [3.05, 3.63) is 53.6 Å². The Balaban J connectivity index is 2.67. The summed E-state index contributed by atoms with van der Waals surface area (Å²) in [4.78, 5) is 11.0. The van der Waals surface area contributed by atoms with Crippen molar-refractivity contribution in [3.8, 4) is 16.9 Å². The van der Waals surface area contributed by atoms with Crippen LogP contribution in [0.4, 0.5) is 8.78 Å². The molecule has 0 N–H and O–H groups in total. The van der Waals surface area contributed by atoms with Crippen molar-refractivity contribution in [3.63, 3.8) is 0 Å². The molecule has 0 spiro atoms. The van der Waals surface area contributed by atoms with Crippen LogP contribution in [0.25, 0.3) is 11.1 Å². The maximum absolute atomic E-state index is 14.2. The van der Waals surface area contributed by atoms with Crippen molar-refractivity contribution >= 4 is 6.29 Å². The lowest BCUT2D eigenvalue weighted by molar-refractivity contribution is 0.112. The zero-order valence-corrected chi connectivity index (χ0v) is 10.3. The van der Waals surface area contributed by atoms with Gasteiger partial charge in [0, 0.05) is 5.56 Å². The molecule has 0 saturated heterocycles. The molecule has 98 valence electrons. The Kier molecular flexibility index (Phi) is 3.90. The molecule has 2 aromatic carbocycles. The van der Waals surface area contributed by atoms with Gasteiger partial charge in [-0.3, -0.25) is 4.79 Å². The van der Waals surface area contributed by atoms with Gasteiger partial charge in [0.25, 0.3) is 0 Å². The lowest BCUT2D eigenvalue weighted by Crippen LogP contribution is -2.00. The average Bonchev–Trinajstić information content (AvgIpc) is 2.43. The van der Waals surface area contributed by atoms with Crippen LogP contribution >= 0.6 is 0 Å². The number of rotatable bonds is 4. The number of hydrogen-bond donors (Lipinski definition) is 0. The topological polar surface area (TPSA) is 26.3 Å². The molecule has 0 aliphatic rings. The number of benzene rings is 2. The Morgan fingerprint density at radius 2 is 1.89 bits per heavy atom. The van der Waals surface area contributed by atoms with Crippen LogP contribution in [0.3, 0.4) is 0 Å². The van der Waals surface area contributed by atoms with Crippen molar-refractivity contribution < 1.29 is 18.3 Å². The standard InChI is InChI=1S/C15H12F2O2/c1-2-19-13-8-7-12(16)14(15(13)17)11-6-4-3-5-10(11)9-18/h3-9H,2H2,1H3. The van der Waals surface area contributed by atoms with E-state index in [0.29, 0.717) is 6.29 Å². The smallest absolute Gasteiger partial charge is 0.175 e. The van der Waals surface area contributed by atoms with E-state index in [4.69, 9.17) is 4.74 Å². The first-order chi connectivity index (χ1) is 9.19. The minimum absolute atomic E-state index is 0.0281. The van der Waals surface area contributed by atoms with Crippen LogP contribution in [-0.4, -0.2) is 12.9 Å². The Labute approximate surface area is 109 Å². The third kappa shape index (κ3) is 2.47. The number of carbonyl (C=O) groups excluding carboxylic acids is 1. The predicted octanol–water partition coefficient (Wildman–Crippen LogP) is 3.84. The van der Waals surface area contributed by atoms with E-state index in [1.807, 2.05) is 0 Å². The largest absolute Gasteiger partial charge is 0.491 e. The van der Waals surface area contributed by atoms with Gasteiger partial charge in [-0.15, -0.1) is 0 Å². The Morgan fingerprint density at radius 1 is 1.16 bits per heavy atom. The molecule has 2 rings (SSSR count). The fraction of sp³-hybridized carbons (Fsp3) is 0.133. The molecule has 0 aromatic heterocycles. The van der Waals surface area contributed by atoms with Crippen molar-refractivity contribution in [1.29, 1.82) is 0 Å². The van der Waals surface area contributed by atoms with E-state index < -0.39 is 11.6 Å². The molecule has 0 heterocycles. The SMILES string of the molecule is CCOc1ccc(F)c(-c2ccccc2C=O)c1F. The highest BCUT2D eigenvalue weighted by Gasteiger charge is 2.18. The second-order valence-electron chi connectivity index (χ2n) is 3.87. The van der Waals surface area contributed by atoms with Gasteiger partial charge in [0.05, 0.1) is 12.2 Å². The zero-order valence-electron chi connectivity index (χ0n) is 10.3. The van der Waals surface area contributed by atoms with E-state index in [1.54, 1.807) is 19.1 Å². The second kappa shape index (κ2) is 5.61. The van der Waals surface area contributed by atoms with Gasteiger partial charge in [-0.25, -0.2) is 8.78 Å². The number of halogens is 2. The molecule has 0 saturated carbocycles. The van der Waals surface area contributed by atoms with Gasteiger partial charge in [0.2, 0.25) is 0 Å². The number of hydrogen-bond acceptors (Lipinski definition) is 2. The van der Waals surface area contributed by atoms with Crippen LogP contribution in [0.1, 0.15) is 17.3 Å². The molecule has 0 amide bonds. The minimum atomic E-state index is -0.795. The molecule has 0 atom stereocenters. The fourth-order valence-corrected chi connectivity index (χ4v) is 1.87. The van der Waals surface area contributed by atoms with Gasteiger partial charge in [-0.05, 0) is 24.6 Å². The quantitative estimate of drug-likeness (QED) is 0.782. The maximum Gasteiger partial charge on any atom is 0.175 e. The normalized spacial score (nSPS) is 10.3. The van der Waals surface area contributed by atoms with Gasteiger partial charge in [0.15, 0.2) is 17.9 Å².